The number of nitrogens with one attached hydrogen (secondary N) is 2. The molecule has 118 valence electrons. The number of nitrogens with zero attached hydrogens (tertiary/aromatic N) is 2. The van der Waals surface area contributed by atoms with E-state index in [0.29, 0.717) is 17.3 Å². The summed E-state index contributed by atoms with van der Waals surface area (Å²) in [6.07, 6.45) is 4.94. The van der Waals surface area contributed by atoms with Gasteiger partial charge < -0.3 is 10.7 Å². The maximum Gasteiger partial charge on any atom is 0.145 e. The number of hydrogen-bond donors (Lipinski definition) is 3. The molecule has 0 radical (unpaired) electrons. The molecule has 1 atom stereocenters. The molecule has 1 aromatic rings. The van der Waals surface area contributed by atoms with Crippen LogP contribution in [0.5, 0.6) is 0 Å². The Morgan fingerprint density at radius 3 is 2.48 bits per heavy atom. The van der Waals surface area contributed by atoms with Gasteiger partial charge in [-0.1, -0.05) is 41.0 Å². The van der Waals surface area contributed by atoms with Crippen molar-refractivity contribution in [3.8, 4) is 0 Å². The van der Waals surface area contributed by atoms with E-state index in [0.717, 1.165) is 11.6 Å². The Hall–Kier alpha value is -1.36. The molecule has 0 aromatic carbocycles. The molecule has 4 N–H and O–H groups in total. The summed E-state index contributed by atoms with van der Waals surface area (Å²) in [7, 11) is 0. The molecule has 0 amide bonds. The fourth-order valence-electron chi connectivity index (χ4n) is 2.96. The normalized spacial score (nSPS) is 21.9. The van der Waals surface area contributed by atoms with Gasteiger partial charge in [-0.3, -0.25) is 0 Å². The Morgan fingerprint density at radius 2 is 1.90 bits per heavy atom. The molecule has 0 bridgehead atoms. The van der Waals surface area contributed by atoms with Gasteiger partial charge in [-0.15, -0.1) is 0 Å². The van der Waals surface area contributed by atoms with E-state index in [1.54, 1.807) is 0 Å². The molecule has 21 heavy (non-hydrogen) atoms. The molecule has 2 rings (SSSR count). The predicted octanol–water partition coefficient (Wildman–Crippen LogP) is 3.44. The van der Waals surface area contributed by atoms with E-state index in [9.17, 15) is 0 Å². The van der Waals surface area contributed by atoms with Crippen molar-refractivity contribution in [2.45, 2.75) is 71.8 Å². The summed E-state index contributed by atoms with van der Waals surface area (Å²) in [5, 5.41) is 3.58. The zero-order valence-corrected chi connectivity index (χ0v) is 14.0. The van der Waals surface area contributed by atoms with Crippen molar-refractivity contribution in [1.82, 2.24) is 9.97 Å². The van der Waals surface area contributed by atoms with E-state index in [1.165, 1.54) is 25.7 Å². The maximum absolute atomic E-state index is 5.54. The molecular formula is C16H29N5. The Kier molecular flexibility index (Phi) is 4.42. The van der Waals surface area contributed by atoms with Gasteiger partial charge in [0, 0.05) is 17.5 Å². The highest BCUT2D eigenvalue weighted by Gasteiger charge is 2.28. The molecule has 0 saturated heterocycles. The molecule has 1 fully saturated rings. The van der Waals surface area contributed by atoms with E-state index in [1.807, 2.05) is 6.07 Å². The minimum Gasteiger partial charge on any atom is -0.367 e. The Bertz CT molecular complexity index is 490. The minimum absolute atomic E-state index is 0.102. The second-order valence-corrected chi connectivity index (χ2v) is 7.96. The van der Waals surface area contributed by atoms with Gasteiger partial charge >= 0.3 is 0 Å². The third-order valence-electron chi connectivity index (χ3n) is 4.10. The van der Waals surface area contributed by atoms with Crippen LogP contribution in [-0.4, -0.2) is 16.0 Å². The number of nitrogen functional groups attached to an aromatic ring is 1. The third kappa shape index (κ3) is 4.30. The summed E-state index contributed by atoms with van der Waals surface area (Å²) >= 11 is 0. The highest BCUT2D eigenvalue weighted by Crippen LogP contribution is 2.36. The quantitative estimate of drug-likeness (QED) is 0.587. The highest BCUT2D eigenvalue weighted by molar-refractivity contribution is 5.48. The van der Waals surface area contributed by atoms with Crippen LogP contribution < -0.4 is 16.6 Å². The van der Waals surface area contributed by atoms with Crippen LogP contribution in [0.2, 0.25) is 0 Å². The first kappa shape index (κ1) is 16.0. The van der Waals surface area contributed by atoms with E-state index >= 15 is 0 Å². The lowest BCUT2D eigenvalue weighted by molar-refractivity contribution is 0.229. The zero-order chi connectivity index (χ0) is 15.7. The van der Waals surface area contributed by atoms with Gasteiger partial charge in [-0.25, -0.2) is 15.8 Å². The number of anilines is 2. The van der Waals surface area contributed by atoms with Crippen molar-refractivity contribution in [2.75, 3.05) is 10.7 Å². The van der Waals surface area contributed by atoms with Crippen molar-refractivity contribution in [2.24, 2.45) is 11.3 Å². The SMILES string of the molecule is CC1(C)CCCC(Nc2cc(NN)nc(C(C)(C)C)n2)C1. The van der Waals surface area contributed by atoms with Gasteiger partial charge in [0.05, 0.1) is 0 Å². The van der Waals surface area contributed by atoms with Crippen molar-refractivity contribution in [1.29, 1.82) is 0 Å². The topological polar surface area (TPSA) is 75.9 Å². The zero-order valence-electron chi connectivity index (χ0n) is 14.0. The van der Waals surface area contributed by atoms with Crippen LogP contribution in [0.25, 0.3) is 0 Å². The Morgan fingerprint density at radius 1 is 1.24 bits per heavy atom. The highest BCUT2D eigenvalue weighted by atomic mass is 15.3. The molecule has 5 heteroatoms. The van der Waals surface area contributed by atoms with E-state index in [-0.39, 0.29) is 5.41 Å². The molecule has 1 saturated carbocycles. The fourth-order valence-corrected chi connectivity index (χ4v) is 2.96. The van der Waals surface area contributed by atoms with Gasteiger partial charge in [0.15, 0.2) is 0 Å². The molecule has 1 unspecified atom stereocenters. The van der Waals surface area contributed by atoms with Crippen LogP contribution in [0.4, 0.5) is 11.6 Å². The van der Waals surface area contributed by atoms with Gasteiger partial charge in [0.2, 0.25) is 0 Å². The van der Waals surface area contributed by atoms with Crippen LogP contribution in [0, 0.1) is 5.41 Å². The van der Waals surface area contributed by atoms with E-state index in [2.05, 4.69) is 55.3 Å². The van der Waals surface area contributed by atoms with Crippen molar-refractivity contribution in [3.63, 3.8) is 0 Å². The first-order valence-electron chi connectivity index (χ1n) is 7.82. The minimum atomic E-state index is -0.102. The summed E-state index contributed by atoms with van der Waals surface area (Å²) < 4.78 is 0. The molecular weight excluding hydrogens is 262 g/mol. The second-order valence-electron chi connectivity index (χ2n) is 7.96. The molecule has 5 nitrogen and oxygen atoms in total. The number of hydrazine groups is 1. The first-order valence-corrected chi connectivity index (χ1v) is 7.82. The Labute approximate surface area is 128 Å². The van der Waals surface area contributed by atoms with Crippen molar-refractivity contribution < 1.29 is 0 Å². The van der Waals surface area contributed by atoms with Gasteiger partial charge in [0.1, 0.15) is 17.5 Å². The van der Waals surface area contributed by atoms with E-state index < -0.39 is 0 Å². The maximum atomic E-state index is 5.54. The standard InChI is InChI=1S/C16H29N5/c1-15(2,3)14-19-12(9-13(20-14)21-17)18-11-7-6-8-16(4,5)10-11/h9,11H,6-8,10,17H2,1-5H3,(H2,18,19,20,21). The lowest BCUT2D eigenvalue weighted by Crippen LogP contribution is -2.32. The number of aromatic nitrogens is 2. The largest absolute Gasteiger partial charge is 0.367 e. The third-order valence-corrected chi connectivity index (χ3v) is 4.10. The van der Waals surface area contributed by atoms with Crippen molar-refractivity contribution >= 4 is 11.6 Å². The number of rotatable bonds is 3. The molecule has 0 aliphatic heterocycles. The molecule has 1 heterocycles. The second kappa shape index (κ2) is 5.79. The molecule has 0 spiro atoms. The fraction of sp³-hybridized carbons (Fsp3) is 0.750. The molecule has 1 aliphatic carbocycles. The average molecular weight is 291 g/mol. The summed E-state index contributed by atoms with van der Waals surface area (Å²) in [5.41, 5.74) is 2.95. The predicted molar refractivity (Wildman–Crippen MR) is 88.2 cm³/mol. The molecule has 1 aliphatic rings. The smallest absolute Gasteiger partial charge is 0.145 e. The monoisotopic (exact) mass is 291 g/mol. The summed E-state index contributed by atoms with van der Waals surface area (Å²) in [6, 6.07) is 2.36. The molecule has 1 aromatic heterocycles. The summed E-state index contributed by atoms with van der Waals surface area (Å²) in [6.45, 7) is 11.0. The van der Waals surface area contributed by atoms with Gasteiger partial charge in [-0.2, -0.15) is 0 Å². The van der Waals surface area contributed by atoms with Crippen LogP contribution in [0.3, 0.4) is 0 Å². The van der Waals surface area contributed by atoms with Gasteiger partial charge in [-0.05, 0) is 24.7 Å². The lowest BCUT2D eigenvalue weighted by atomic mass is 9.75. The van der Waals surface area contributed by atoms with Crippen molar-refractivity contribution in [3.05, 3.63) is 11.9 Å². The van der Waals surface area contributed by atoms with Gasteiger partial charge in [0.25, 0.3) is 0 Å². The van der Waals surface area contributed by atoms with Crippen LogP contribution in [0.15, 0.2) is 6.07 Å². The average Bonchev–Trinajstić information content (AvgIpc) is 2.36. The summed E-state index contributed by atoms with van der Waals surface area (Å²) in [5.74, 6) is 7.87. The number of nitrogens with two attached hydrogens (primary N) is 1. The first-order chi connectivity index (χ1) is 9.69. The van der Waals surface area contributed by atoms with Crippen LogP contribution >= 0.6 is 0 Å². The van der Waals surface area contributed by atoms with Crippen LogP contribution in [0.1, 0.15) is 66.1 Å². The van der Waals surface area contributed by atoms with Crippen LogP contribution in [-0.2, 0) is 5.41 Å². The summed E-state index contributed by atoms with van der Waals surface area (Å²) in [4.78, 5) is 9.13. The number of hydrogen-bond acceptors (Lipinski definition) is 5. The Balaban J connectivity index is 2.19. The van der Waals surface area contributed by atoms with E-state index in [4.69, 9.17) is 5.84 Å². The lowest BCUT2D eigenvalue weighted by Gasteiger charge is -2.36.